The number of hydrogen-bond acceptors (Lipinski definition) is 4. The van der Waals surface area contributed by atoms with Crippen molar-refractivity contribution in [1.29, 1.82) is 0 Å². The molecule has 2 heterocycles. The summed E-state index contributed by atoms with van der Waals surface area (Å²) in [6.45, 7) is 3.96. The van der Waals surface area contributed by atoms with Crippen molar-refractivity contribution < 1.29 is 9.90 Å². The van der Waals surface area contributed by atoms with E-state index in [2.05, 4.69) is 15.3 Å². The van der Waals surface area contributed by atoms with Crippen LogP contribution in [0.2, 0.25) is 0 Å². The van der Waals surface area contributed by atoms with Gasteiger partial charge < -0.3 is 5.11 Å². The summed E-state index contributed by atoms with van der Waals surface area (Å²) in [6, 6.07) is 9.38. The SMILES string of the molecule is Cc1ccc(-n2nnc(C(=O)O)c2-c2ccncc2)c(C)c1. The number of carbonyl (C=O) groups is 1. The van der Waals surface area contributed by atoms with Crippen LogP contribution in [-0.4, -0.2) is 31.1 Å². The first-order chi connectivity index (χ1) is 10.6. The minimum absolute atomic E-state index is 0.0776. The van der Waals surface area contributed by atoms with E-state index in [0.717, 1.165) is 16.8 Å². The summed E-state index contributed by atoms with van der Waals surface area (Å²) in [6.07, 6.45) is 3.22. The number of benzene rings is 1. The molecule has 0 aliphatic carbocycles. The van der Waals surface area contributed by atoms with Gasteiger partial charge in [0.05, 0.1) is 5.69 Å². The molecule has 6 heteroatoms. The second-order valence-electron chi connectivity index (χ2n) is 5.03. The van der Waals surface area contributed by atoms with Crippen LogP contribution in [0.1, 0.15) is 21.6 Å². The zero-order chi connectivity index (χ0) is 15.7. The van der Waals surface area contributed by atoms with Crippen LogP contribution in [0.15, 0.2) is 42.7 Å². The van der Waals surface area contributed by atoms with Gasteiger partial charge in [-0.3, -0.25) is 4.98 Å². The average molecular weight is 294 g/mol. The molecular weight excluding hydrogens is 280 g/mol. The van der Waals surface area contributed by atoms with Gasteiger partial charge >= 0.3 is 5.97 Å². The predicted octanol–water partition coefficient (Wildman–Crippen LogP) is 2.64. The molecule has 6 nitrogen and oxygen atoms in total. The first-order valence-corrected chi connectivity index (χ1v) is 6.75. The normalized spacial score (nSPS) is 10.6. The van der Waals surface area contributed by atoms with E-state index in [9.17, 15) is 9.90 Å². The van der Waals surface area contributed by atoms with E-state index in [1.54, 1.807) is 29.2 Å². The smallest absolute Gasteiger partial charge is 0.358 e. The fourth-order valence-electron chi connectivity index (χ4n) is 2.41. The molecule has 0 aliphatic heterocycles. The molecule has 0 radical (unpaired) electrons. The van der Waals surface area contributed by atoms with E-state index in [1.165, 1.54) is 0 Å². The van der Waals surface area contributed by atoms with Crippen molar-refractivity contribution in [2.75, 3.05) is 0 Å². The largest absolute Gasteiger partial charge is 0.476 e. The Morgan fingerprint density at radius 3 is 2.50 bits per heavy atom. The lowest BCUT2D eigenvalue weighted by Gasteiger charge is -2.10. The van der Waals surface area contributed by atoms with E-state index in [-0.39, 0.29) is 5.69 Å². The molecule has 110 valence electrons. The Balaban J connectivity index is 2.27. The second kappa shape index (κ2) is 5.40. The number of carboxylic acid groups (broad SMARTS) is 1. The summed E-state index contributed by atoms with van der Waals surface area (Å²) in [4.78, 5) is 15.4. The van der Waals surface area contributed by atoms with Crippen LogP contribution in [0.4, 0.5) is 0 Å². The molecule has 0 aliphatic rings. The number of rotatable bonds is 3. The number of pyridine rings is 1. The molecule has 0 fully saturated rings. The lowest BCUT2D eigenvalue weighted by Crippen LogP contribution is -2.04. The van der Waals surface area contributed by atoms with Gasteiger partial charge in [0, 0.05) is 18.0 Å². The minimum Gasteiger partial charge on any atom is -0.476 e. The maximum Gasteiger partial charge on any atom is 0.358 e. The van der Waals surface area contributed by atoms with Gasteiger partial charge in [0.15, 0.2) is 5.69 Å². The fourth-order valence-corrected chi connectivity index (χ4v) is 2.41. The maximum atomic E-state index is 11.4. The number of carboxylic acids is 1. The highest BCUT2D eigenvalue weighted by atomic mass is 16.4. The summed E-state index contributed by atoms with van der Waals surface area (Å²) in [5.74, 6) is -1.11. The van der Waals surface area contributed by atoms with Gasteiger partial charge in [-0.2, -0.15) is 0 Å². The zero-order valence-electron chi connectivity index (χ0n) is 12.2. The standard InChI is InChI=1S/C16H14N4O2/c1-10-3-4-13(11(2)9-10)20-15(12-5-7-17-8-6-12)14(16(21)22)18-19-20/h3-9H,1-2H3,(H,21,22). The summed E-state index contributed by atoms with van der Waals surface area (Å²) >= 11 is 0. The van der Waals surface area contributed by atoms with Crippen molar-refractivity contribution in [1.82, 2.24) is 20.0 Å². The van der Waals surface area contributed by atoms with Crippen molar-refractivity contribution in [3.05, 3.63) is 59.5 Å². The molecule has 1 aromatic carbocycles. The Bertz CT molecular complexity index is 841. The van der Waals surface area contributed by atoms with E-state index >= 15 is 0 Å². The van der Waals surface area contributed by atoms with Crippen LogP contribution in [0.3, 0.4) is 0 Å². The lowest BCUT2D eigenvalue weighted by molar-refractivity contribution is 0.0691. The fraction of sp³-hybridized carbons (Fsp3) is 0.125. The Morgan fingerprint density at radius 1 is 1.14 bits per heavy atom. The van der Waals surface area contributed by atoms with Crippen molar-refractivity contribution in [3.8, 4) is 16.9 Å². The number of aromatic nitrogens is 4. The van der Waals surface area contributed by atoms with E-state index in [4.69, 9.17) is 0 Å². The second-order valence-corrected chi connectivity index (χ2v) is 5.03. The van der Waals surface area contributed by atoms with Gasteiger partial charge in [0.25, 0.3) is 0 Å². The first-order valence-electron chi connectivity index (χ1n) is 6.75. The molecule has 0 bridgehead atoms. The third kappa shape index (κ3) is 2.35. The predicted molar refractivity (Wildman–Crippen MR) is 81.0 cm³/mol. The average Bonchev–Trinajstić information content (AvgIpc) is 2.93. The van der Waals surface area contributed by atoms with Crippen molar-refractivity contribution in [3.63, 3.8) is 0 Å². The van der Waals surface area contributed by atoms with E-state index in [1.807, 2.05) is 32.0 Å². The van der Waals surface area contributed by atoms with Crippen molar-refractivity contribution in [2.45, 2.75) is 13.8 Å². The highest BCUT2D eigenvalue weighted by Gasteiger charge is 2.22. The number of aryl methyl sites for hydroxylation is 2. The van der Waals surface area contributed by atoms with Gasteiger partial charge in [-0.1, -0.05) is 22.9 Å². The summed E-state index contributed by atoms with van der Waals surface area (Å²) in [5, 5.41) is 17.2. The molecular formula is C16H14N4O2. The molecule has 0 atom stereocenters. The van der Waals surface area contributed by atoms with Gasteiger partial charge in [-0.15, -0.1) is 5.10 Å². The van der Waals surface area contributed by atoms with Crippen LogP contribution in [0.5, 0.6) is 0 Å². The molecule has 3 rings (SSSR count). The zero-order valence-corrected chi connectivity index (χ0v) is 12.2. The highest BCUT2D eigenvalue weighted by molar-refractivity contribution is 5.93. The molecule has 0 saturated heterocycles. The first kappa shape index (κ1) is 13.9. The van der Waals surface area contributed by atoms with E-state index in [0.29, 0.717) is 11.3 Å². The minimum atomic E-state index is -1.11. The number of hydrogen-bond donors (Lipinski definition) is 1. The molecule has 3 aromatic rings. The molecule has 0 spiro atoms. The third-order valence-electron chi connectivity index (χ3n) is 3.41. The van der Waals surface area contributed by atoms with Crippen LogP contribution >= 0.6 is 0 Å². The summed E-state index contributed by atoms with van der Waals surface area (Å²) in [7, 11) is 0. The van der Waals surface area contributed by atoms with Crippen LogP contribution in [0, 0.1) is 13.8 Å². The monoisotopic (exact) mass is 294 g/mol. The van der Waals surface area contributed by atoms with Gasteiger partial charge in [-0.05, 0) is 37.6 Å². The van der Waals surface area contributed by atoms with Gasteiger partial charge in [0.1, 0.15) is 5.69 Å². The van der Waals surface area contributed by atoms with Crippen LogP contribution in [0.25, 0.3) is 16.9 Å². The Kier molecular flexibility index (Phi) is 3.42. The number of aromatic carboxylic acids is 1. The lowest BCUT2D eigenvalue weighted by atomic mass is 10.1. The highest BCUT2D eigenvalue weighted by Crippen LogP contribution is 2.26. The van der Waals surface area contributed by atoms with Crippen LogP contribution in [-0.2, 0) is 0 Å². The molecule has 0 amide bonds. The van der Waals surface area contributed by atoms with Gasteiger partial charge in [0.2, 0.25) is 0 Å². The number of nitrogens with zero attached hydrogens (tertiary/aromatic N) is 4. The Morgan fingerprint density at radius 2 is 1.86 bits per heavy atom. The molecule has 0 saturated carbocycles. The summed E-state index contributed by atoms with van der Waals surface area (Å²) in [5.41, 5.74) is 4.00. The molecule has 0 unspecified atom stereocenters. The van der Waals surface area contributed by atoms with Crippen molar-refractivity contribution in [2.24, 2.45) is 0 Å². The maximum absolute atomic E-state index is 11.4. The topological polar surface area (TPSA) is 80.9 Å². The third-order valence-corrected chi connectivity index (χ3v) is 3.41. The summed E-state index contributed by atoms with van der Waals surface area (Å²) < 4.78 is 1.56. The quantitative estimate of drug-likeness (QED) is 0.803. The van der Waals surface area contributed by atoms with Gasteiger partial charge in [-0.25, -0.2) is 9.48 Å². The van der Waals surface area contributed by atoms with Crippen molar-refractivity contribution >= 4 is 5.97 Å². The van der Waals surface area contributed by atoms with E-state index < -0.39 is 5.97 Å². The van der Waals surface area contributed by atoms with Crippen LogP contribution < -0.4 is 0 Å². The Labute approximate surface area is 127 Å². The molecule has 1 N–H and O–H groups in total. The molecule has 22 heavy (non-hydrogen) atoms. The Hall–Kier alpha value is -3.02. The molecule has 2 aromatic heterocycles.